The lowest BCUT2D eigenvalue weighted by Gasteiger charge is -2.17. The summed E-state index contributed by atoms with van der Waals surface area (Å²) in [7, 11) is 0. The average Bonchev–Trinajstić information content (AvgIpc) is 2.79. The Morgan fingerprint density at radius 3 is 3.11 bits per heavy atom. The van der Waals surface area contributed by atoms with E-state index in [1.807, 2.05) is 4.57 Å². The molecule has 0 amide bonds. The number of halogens is 2. The fraction of sp³-hybridized carbons (Fsp3) is 0.308. The topological polar surface area (TPSA) is 55.9 Å². The Bertz CT molecular complexity index is 623. The SMILES string of the molecule is NCc1c(-c2cc(Br)ccc2F)nc2n1CCCN2. The van der Waals surface area contributed by atoms with Gasteiger partial charge in [-0.2, -0.15) is 0 Å². The molecule has 0 saturated heterocycles. The summed E-state index contributed by atoms with van der Waals surface area (Å²) in [6.45, 7) is 2.11. The number of nitrogens with zero attached hydrogens (tertiary/aromatic N) is 2. The van der Waals surface area contributed by atoms with Crippen molar-refractivity contribution in [3.05, 3.63) is 34.2 Å². The molecule has 19 heavy (non-hydrogen) atoms. The van der Waals surface area contributed by atoms with Gasteiger partial charge in [0, 0.05) is 29.7 Å². The largest absolute Gasteiger partial charge is 0.356 e. The lowest BCUT2D eigenvalue weighted by atomic mass is 10.1. The van der Waals surface area contributed by atoms with Crippen LogP contribution in [-0.4, -0.2) is 16.1 Å². The van der Waals surface area contributed by atoms with Gasteiger partial charge in [-0.1, -0.05) is 15.9 Å². The number of benzene rings is 1. The van der Waals surface area contributed by atoms with E-state index in [9.17, 15) is 4.39 Å². The molecule has 6 heteroatoms. The summed E-state index contributed by atoms with van der Waals surface area (Å²) in [6, 6.07) is 4.85. The highest BCUT2D eigenvalue weighted by atomic mass is 79.9. The second kappa shape index (κ2) is 4.94. The van der Waals surface area contributed by atoms with E-state index in [2.05, 4.69) is 26.2 Å². The van der Waals surface area contributed by atoms with Crippen LogP contribution < -0.4 is 11.1 Å². The molecule has 1 aromatic heterocycles. The maximum atomic E-state index is 14.0. The molecule has 0 atom stereocenters. The number of fused-ring (bicyclic) bond motifs is 1. The third-order valence-corrected chi connectivity index (χ3v) is 3.78. The van der Waals surface area contributed by atoms with Gasteiger partial charge in [-0.25, -0.2) is 9.37 Å². The van der Waals surface area contributed by atoms with Crippen molar-refractivity contribution in [2.24, 2.45) is 5.73 Å². The summed E-state index contributed by atoms with van der Waals surface area (Å²) < 4.78 is 16.9. The Morgan fingerprint density at radius 1 is 1.47 bits per heavy atom. The molecule has 2 heterocycles. The van der Waals surface area contributed by atoms with Crippen LogP contribution in [0.25, 0.3) is 11.3 Å². The molecule has 0 spiro atoms. The quantitative estimate of drug-likeness (QED) is 0.893. The summed E-state index contributed by atoms with van der Waals surface area (Å²) in [6.07, 6.45) is 1.02. The van der Waals surface area contributed by atoms with Gasteiger partial charge < -0.3 is 15.6 Å². The van der Waals surface area contributed by atoms with Gasteiger partial charge in [0.1, 0.15) is 5.82 Å². The van der Waals surface area contributed by atoms with Crippen LogP contribution in [0.15, 0.2) is 22.7 Å². The highest BCUT2D eigenvalue weighted by Gasteiger charge is 2.21. The molecule has 0 radical (unpaired) electrons. The molecule has 2 aromatic rings. The maximum Gasteiger partial charge on any atom is 0.203 e. The highest BCUT2D eigenvalue weighted by molar-refractivity contribution is 9.10. The lowest BCUT2D eigenvalue weighted by Crippen LogP contribution is -2.19. The summed E-state index contributed by atoms with van der Waals surface area (Å²) in [5.41, 5.74) is 7.81. The Kier molecular flexibility index (Phi) is 3.28. The van der Waals surface area contributed by atoms with Crippen LogP contribution in [0, 0.1) is 5.82 Å². The first-order valence-corrected chi connectivity index (χ1v) is 6.99. The standard InChI is InChI=1S/C13H14BrFN4/c14-8-2-3-10(15)9(6-8)12-11(7-16)19-5-1-4-17-13(19)18-12/h2-3,6H,1,4-5,7,16H2,(H,17,18). The van der Waals surface area contributed by atoms with Gasteiger partial charge in [0.2, 0.25) is 5.95 Å². The average molecular weight is 325 g/mol. The molecule has 0 unspecified atom stereocenters. The monoisotopic (exact) mass is 324 g/mol. The van der Waals surface area contributed by atoms with E-state index in [0.717, 1.165) is 35.6 Å². The zero-order chi connectivity index (χ0) is 13.4. The zero-order valence-electron chi connectivity index (χ0n) is 10.3. The van der Waals surface area contributed by atoms with E-state index in [-0.39, 0.29) is 5.82 Å². The molecule has 1 aromatic carbocycles. The molecule has 1 aliphatic heterocycles. The van der Waals surface area contributed by atoms with Crippen LogP contribution in [0.5, 0.6) is 0 Å². The summed E-state index contributed by atoms with van der Waals surface area (Å²) in [5.74, 6) is 0.495. The van der Waals surface area contributed by atoms with E-state index in [0.29, 0.717) is 17.8 Å². The van der Waals surface area contributed by atoms with Crippen LogP contribution in [0.1, 0.15) is 12.1 Å². The molecular weight excluding hydrogens is 311 g/mol. The van der Waals surface area contributed by atoms with Crippen molar-refractivity contribution in [1.82, 2.24) is 9.55 Å². The normalized spacial score (nSPS) is 14.1. The molecule has 0 bridgehead atoms. The molecular formula is C13H14BrFN4. The van der Waals surface area contributed by atoms with Gasteiger partial charge >= 0.3 is 0 Å². The number of hydrogen-bond donors (Lipinski definition) is 2. The highest BCUT2D eigenvalue weighted by Crippen LogP contribution is 2.31. The molecule has 3 rings (SSSR count). The third-order valence-electron chi connectivity index (χ3n) is 3.29. The van der Waals surface area contributed by atoms with Crippen molar-refractivity contribution < 1.29 is 4.39 Å². The van der Waals surface area contributed by atoms with Crippen molar-refractivity contribution in [3.63, 3.8) is 0 Å². The summed E-state index contributed by atoms with van der Waals surface area (Å²) >= 11 is 3.36. The zero-order valence-corrected chi connectivity index (χ0v) is 11.9. The first-order valence-electron chi connectivity index (χ1n) is 6.19. The molecule has 0 saturated carbocycles. The van der Waals surface area contributed by atoms with Crippen LogP contribution >= 0.6 is 15.9 Å². The maximum absolute atomic E-state index is 14.0. The number of imidazole rings is 1. The summed E-state index contributed by atoms with van der Waals surface area (Å²) in [5, 5.41) is 3.22. The van der Waals surface area contributed by atoms with E-state index in [1.54, 1.807) is 12.1 Å². The number of nitrogens with two attached hydrogens (primary N) is 1. The van der Waals surface area contributed by atoms with Gasteiger partial charge in [0.05, 0.1) is 11.4 Å². The molecule has 4 nitrogen and oxygen atoms in total. The van der Waals surface area contributed by atoms with Crippen LogP contribution in [0.3, 0.4) is 0 Å². The Balaban J connectivity index is 2.19. The number of hydrogen-bond acceptors (Lipinski definition) is 3. The van der Waals surface area contributed by atoms with Crippen molar-refractivity contribution in [1.29, 1.82) is 0 Å². The van der Waals surface area contributed by atoms with Crippen molar-refractivity contribution in [3.8, 4) is 11.3 Å². The predicted octanol–water partition coefficient (Wildman–Crippen LogP) is 2.73. The first-order chi connectivity index (χ1) is 9.20. The van der Waals surface area contributed by atoms with Gasteiger partial charge in [0.25, 0.3) is 0 Å². The Morgan fingerprint density at radius 2 is 2.32 bits per heavy atom. The van der Waals surface area contributed by atoms with Gasteiger partial charge in [-0.3, -0.25) is 0 Å². The second-order valence-electron chi connectivity index (χ2n) is 4.49. The molecule has 1 aliphatic rings. The van der Waals surface area contributed by atoms with Crippen LogP contribution in [-0.2, 0) is 13.1 Å². The van der Waals surface area contributed by atoms with E-state index >= 15 is 0 Å². The Hall–Kier alpha value is -1.40. The Labute approximate surface area is 119 Å². The second-order valence-corrected chi connectivity index (χ2v) is 5.41. The minimum Gasteiger partial charge on any atom is -0.356 e. The molecule has 0 fully saturated rings. The minimum absolute atomic E-state index is 0.284. The van der Waals surface area contributed by atoms with Crippen molar-refractivity contribution in [2.45, 2.75) is 19.5 Å². The summed E-state index contributed by atoms with van der Waals surface area (Å²) in [4.78, 5) is 4.50. The van der Waals surface area contributed by atoms with Crippen LogP contribution in [0.2, 0.25) is 0 Å². The molecule has 3 N–H and O–H groups in total. The van der Waals surface area contributed by atoms with Crippen molar-refractivity contribution >= 4 is 21.9 Å². The predicted molar refractivity (Wildman–Crippen MR) is 76.3 cm³/mol. The van der Waals surface area contributed by atoms with Gasteiger partial charge in [-0.15, -0.1) is 0 Å². The first kappa shape index (κ1) is 12.6. The van der Waals surface area contributed by atoms with E-state index in [1.165, 1.54) is 6.07 Å². The van der Waals surface area contributed by atoms with E-state index in [4.69, 9.17) is 5.73 Å². The fourth-order valence-corrected chi connectivity index (χ4v) is 2.76. The number of aromatic nitrogens is 2. The number of nitrogens with one attached hydrogen (secondary N) is 1. The van der Waals surface area contributed by atoms with E-state index < -0.39 is 0 Å². The lowest BCUT2D eigenvalue weighted by molar-refractivity contribution is 0.604. The molecule has 100 valence electrons. The van der Waals surface area contributed by atoms with Crippen LogP contribution in [0.4, 0.5) is 10.3 Å². The van der Waals surface area contributed by atoms with Gasteiger partial charge in [0.15, 0.2) is 0 Å². The van der Waals surface area contributed by atoms with Crippen molar-refractivity contribution in [2.75, 3.05) is 11.9 Å². The molecule has 0 aliphatic carbocycles. The third kappa shape index (κ3) is 2.15. The fourth-order valence-electron chi connectivity index (χ4n) is 2.40. The van der Waals surface area contributed by atoms with Gasteiger partial charge in [-0.05, 0) is 24.6 Å². The smallest absolute Gasteiger partial charge is 0.203 e. The number of anilines is 1. The number of rotatable bonds is 2. The minimum atomic E-state index is -0.284.